The number of hydrogen-bond donors (Lipinski definition) is 3. The summed E-state index contributed by atoms with van der Waals surface area (Å²) in [6.45, 7) is 0. The Hall–Kier alpha value is -3.34. The number of nitrogens with two attached hydrogens (primary N) is 1. The molecule has 0 atom stereocenters. The number of carboxylic acids is 1. The van der Waals surface area contributed by atoms with Gasteiger partial charge in [0.1, 0.15) is 11.2 Å². The van der Waals surface area contributed by atoms with Crippen LogP contribution in [0.15, 0.2) is 48.5 Å². The molecule has 1 aromatic heterocycles. The lowest BCUT2D eigenvalue weighted by Crippen LogP contribution is -2.32. The van der Waals surface area contributed by atoms with Gasteiger partial charge in [-0.3, -0.25) is 4.79 Å². The molecular weight excluding hydrogens is 398 g/mol. The van der Waals surface area contributed by atoms with Crippen LogP contribution in [-0.4, -0.2) is 21.0 Å². The van der Waals surface area contributed by atoms with E-state index in [0.29, 0.717) is 18.3 Å². The average molecular weight is 428 g/mol. The molecule has 0 amide bonds. The van der Waals surface area contributed by atoms with Gasteiger partial charge in [0, 0.05) is 17.7 Å². The summed E-state index contributed by atoms with van der Waals surface area (Å²) in [6, 6.07) is 17.4. The van der Waals surface area contributed by atoms with Crippen LogP contribution in [0.5, 0.6) is 0 Å². The van der Waals surface area contributed by atoms with Crippen molar-refractivity contribution in [3.05, 3.63) is 64.8 Å². The van der Waals surface area contributed by atoms with Crippen molar-refractivity contribution < 1.29 is 9.90 Å². The summed E-state index contributed by atoms with van der Waals surface area (Å²) in [7, 11) is 0. The van der Waals surface area contributed by atoms with Crippen molar-refractivity contribution in [2.45, 2.75) is 50.9 Å². The van der Waals surface area contributed by atoms with E-state index >= 15 is 0 Å². The fourth-order valence-corrected chi connectivity index (χ4v) is 5.12. The molecule has 164 valence electrons. The Bertz CT molecular complexity index is 1230. The first kappa shape index (κ1) is 20.6. The molecule has 0 unspecified atom stereocenters. The topological polar surface area (TPSA) is 92.0 Å². The van der Waals surface area contributed by atoms with E-state index in [1.54, 1.807) is 0 Å². The highest BCUT2D eigenvalue weighted by Gasteiger charge is 2.23. The number of rotatable bonds is 5. The third kappa shape index (κ3) is 4.20. The number of H-pyrrole nitrogens is 1. The molecule has 5 nitrogen and oxygen atoms in total. The van der Waals surface area contributed by atoms with Gasteiger partial charge in [0.25, 0.3) is 0 Å². The SMILES string of the molecule is NC1=c2nc(-c3ccc(-c4ccc(C5CCC(CC(=O)O)CC5)cc4)cc3)[nH]c2=CCC1. The number of nitrogens with one attached hydrogen (secondary N) is 1. The first-order valence-corrected chi connectivity index (χ1v) is 11.5. The van der Waals surface area contributed by atoms with Gasteiger partial charge in [0.05, 0.1) is 5.35 Å². The van der Waals surface area contributed by atoms with Gasteiger partial charge in [0.2, 0.25) is 0 Å². The summed E-state index contributed by atoms with van der Waals surface area (Å²) < 4.78 is 0. The van der Waals surface area contributed by atoms with Crippen molar-refractivity contribution in [3.63, 3.8) is 0 Å². The first-order valence-electron chi connectivity index (χ1n) is 11.5. The minimum atomic E-state index is -0.670. The lowest BCUT2D eigenvalue weighted by molar-refractivity contribution is -0.138. The second-order valence-electron chi connectivity index (χ2n) is 9.13. The van der Waals surface area contributed by atoms with E-state index in [1.807, 2.05) is 0 Å². The van der Waals surface area contributed by atoms with Gasteiger partial charge in [-0.25, -0.2) is 4.98 Å². The van der Waals surface area contributed by atoms with Crippen LogP contribution in [0.1, 0.15) is 56.4 Å². The Morgan fingerprint density at radius 3 is 2.22 bits per heavy atom. The zero-order chi connectivity index (χ0) is 22.1. The van der Waals surface area contributed by atoms with E-state index in [9.17, 15) is 4.79 Å². The van der Waals surface area contributed by atoms with Crippen molar-refractivity contribution in [1.82, 2.24) is 9.97 Å². The molecule has 3 aromatic rings. The predicted molar refractivity (Wildman–Crippen MR) is 127 cm³/mol. The van der Waals surface area contributed by atoms with Crippen LogP contribution >= 0.6 is 0 Å². The Labute approximate surface area is 187 Å². The van der Waals surface area contributed by atoms with E-state index in [2.05, 4.69) is 59.6 Å². The van der Waals surface area contributed by atoms with Gasteiger partial charge in [-0.2, -0.15) is 0 Å². The van der Waals surface area contributed by atoms with E-state index < -0.39 is 5.97 Å². The van der Waals surface area contributed by atoms with Crippen LogP contribution in [0.25, 0.3) is 34.3 Å². The number of aliphatic carboxylic acids is 1. The quantitative estimate of drug-likeness (QED) is 0.571. The normalized spacial score (nSPS) is 20.4. The predicted octanol–water partition coefficient (Wildman–Crippen LogP) is 4.13. The van der Waals surface area contributed by atoms with Crippen LogP contribution in [-0.2, 0) is 4.79 Å². The monoisotopic (exact) mass is 427 g/mol. The smallest absolute Gasteiger partial charge is 0.303 e. The standard InChI is InChI=1S/C27H29N3O2/c28-23-2-1-3-24-26(23)30-27(29-24)22-14-12-21(13-15-22)20-10-8-19(9-11-20)18-6-4-17(5-7-18)16-25(31)32/h3,8-15,17-18H,1-2,4-7,16,28H2,(H,29,30)(H,31,32). The first-order chi connectivity index (χ1) is 15.6. The van der Waals surface area contributed by atoms with Crippen molar-refractivity contribution in [1.29, 1.82) is 0 Å². The Kier molecular flexibility index (Phi) is 5.56. The third-order valence-corrected chi connectivity index (χ3v) is 6.98. The number of hydrogen-bond acceptors (Lipinski definition) is 3. The maximum absolute atomic E-state index is 10.9. The lowest BCUT2D eigenvalue weighted by atomic mass is 9.77. The van der Waals surface area contributed by atoms with E-state index in [0.717, 1.165) is 66.3 Å². The number of fused-ring (bicyclic) bond motifs is 1. The summed E-state index contributed by atoms with van der Waals surface area (Å²) in [5, 5.41) is 10.9. The van der Waals surface area contributed by atoms with Gasteiger partial charge in [-0.05, 0) is 67.1 Å². The Balaban J connectivity index is 1.28. The molecule has 1 heterocycles. The number of aromatic nitrogens is 2. The maximum atomic E-state index is 10.9. The molecule has 2 aliphatic rings. The fourth-order valence-electron chi connectivity index (χ4n) is 5.12. The van der Waals surface area contributed by atoms with Crippen LogP contribution < -0.4 is 16.4 Å². The minimum Gasteiger partial charge on any atom is -0.481 e. The summed E-state index contributed by atoms with van der Waals surface area (Å²) in [5.41, 5.74) is 11.8. The number of benzene rings is 2. The molecule has 0 spiro atoms. The molecule has 4 N–H and O–H groups in total. The lowest BCUT2D eigenvalue weighted by Gasteiger charge is -2.28. The van der Waals surface area contributed by atoms with E-state index in [1.165, 1.54) is 16.7 Å². The third-order valence-electron chi connectivity index (χ3n) is 6.98. The van der Waals surface area contributed by atoms with Gasteiger partial charge in [-0.1, -0.05) is 54.6 Å². The minimum absolute atomic E-state index is 0.312. The Morgan fingerprint density at radius 2 is 1.59 bits per heavy atom. The molecule has 5 heteroatoms. The fraction of sp³-hybridized carbons (Fsp3) is 0.333. The van der Waals surface area contributed by atoms with Crippen molar-refractivity contribution in [3.8, 4) is 22.5 Å². The van der Waals surface area contributed by atoms with Crippen LogP contribution in [0.2, 0.25) is 0 Å². The second kappa shape index (κ2) is 8.65. The van der Waals surface area contributed by atoms with Crippen LogP contribution in [0.4, 0.5) is 0 Å². The maximum Gasteiger partial charge on any atom is 0.303 e. The van der Waals surface area contributed by atoms with Gasteiger partial charge >= 0.3 is 5.97 Å². The highest BCUT2D eigenvalue weighted by molar-refractivity contribution is 5.68. The molecule has 1 fully saturated rings. The number of nitrogens with zero attached hydrogens (tertiary/aromatic N) is 1. The molecule has 5 rings (SSSR count). The molecule has 2 aromatic carbocycles. The molecule has 0 aliphatic heterocycles. The molecule has 2 aliphatic carbocycles. The van der Waals surface area contributed by atoms with Crippen molar-refractivity contribution in [2.24, 2.45) is 11.7 Å². The molecule has 0 bridgehead atoms. The van der Waals surface area contributed by atoms with Crippen molar-refractivity contribution in [2.75, 3.05) is 0 Å². The molecule has 32 heavy (non-hydrogen) atoms. The summed E-state index contributed by atoms with van der Waals surface area (Å²) in [4.78, 5) is 19.0. The van der Waals surface area contributed by atoms with Gasteiger partial charge in [0.15, 0.2) is 0 Å². The highest BCUT2D eigenvalue weighted by Crippen LogP contribution is 2.37. The summed E-state index contributed by atoms with van der Waals surface area (Å²) in [5.74, 6) is 1.07. The zero-order valence-electron chi connectivity index (χ0n) is 18.2. The number of imidazole rings is 1. The van der Waals surface area contributed by atoms with E-state index in [4.69, 9.17) is 15.8 Å². The largest absolute Gasteiger partial charge is 0.481 e. The van der Waals surface area contributed by atoms with Gasteiger partial charge < -0.3 is 15.8 Å². The van der Waals surface area contributed by atoms with Crippen LogP contribution in [0.3, 0.4) is 0 Å². The number of carboxylic acid groups (broad SMARTS) is 1. The molecule has 0 radical (unpaired) electrons. The second-order valence-corrected chi connectivity index (χ2v) is 9.13. The molecule has 1 saturated carbocycles. The number of carbonyl (C=O) groups is 1. The average Bonchev–Trinajstić information content (AvgIpc) is 3.25. The van der Waals surface area contributed by atoms with Gasteiger partial charge in [-0.15, -0.1) is 0 Å². The highest BCUT2D eigenvalue weighted by atomic mass is 16.4. The van der Waals surface area contributed by atoms with Crippen molar-refractivity contribution >= 4 is 17.7 Å². The van der Waals surface area contributed by atoms with E-state index in [-0.39, 0.29) is 0 Å². The number of aromatic amines is 1. The molecular formula is C27H29N3O2. The zero-order valence-corrected chi connectivity index (χ0v) is 18.2. The Morgan fingerprint density at radius 1 is 0.969 bits per heavy atom. The summed E-state index contributed by atoms with van der Waals surface area (Å²) >= 11 is 0. The van der Waals surface area contributed by atoms with Crippen LogP contribution in [0, 0.1) is 5.92 Å². The molecule has 0 saturated heterocycles. The summed E-state index contributed by atoms with van der Waals surface area (Å²) in [6.07, 6.45) is 8.49.